The lowest BCUT2D eigenvalue weighted by molar-refractivity contribution is -0.166. The molecule has 1 amide bonds. The molecule has 9 heteroatoms. The summed E-state index contributed by atoms with van der Waals surface area (Å²) in [6.07, 6.45) is 9.13. The number of hydrogen-bond donors (Lipinski definition) is 1. The van der Waals surface area contributed by atoms with E-state index in [0.717, 1.165) is 25.7 Å². The van der Waals surface area contributed by atoms with Gasteiger partial charge in [-0.15, -0.1) is 23.2 Å². The molecule has 0 aromatic heterocycles. The van der Waals surface area contributed by atoms with Gasteiger partial charge < -0.3 is 14.7 Å². The van der Waals surface area contributed by atoms with Gasteiger partial charge in [0.2, 0.25) is 11.7 Å². The van der Waals surface area contributed by atoms with Crippen LogP contribution in [0.1, 0.15) is 97.3 Å². The van der Waals surface area contributed by atoms with E-state index in [1.807, 2.05) is 13.8 Å². The van der Waals surface area contributed by atoms with Crippen LogP contribution < -0.4 is 0 Å². The zero-order valence-corrected chi connectivity index (χ0v) is 23.1. The minimum atomic E-state index is -0.954. The molecule has 7 nitrogen and oxygen atoms in total. The summed E-state index contributed by atoms with van der Waals surface area (Å²) < 4.78 is 5.55. The highest BCUT2D eigenvalue weighted by Gasteiger charge is 2.37. The minimum Gasteiger partial charge on any atom is -0.481 e. The van der Waals surface area contributed by atoms with Crippen molar-refractivity contribution in [3.63, 3.8) is 0 Å². The van der Waals surface area contributed by atoms with Gasteiger partial charge in [0.1, 0.15) is 5.60 Å². The number of carbonyl (C=O) groups is 4. The highest BCUT2D eigenvalue weighted by molar-refractivity contribution is 6.37. The number of carboxylic acids is 1. The van der Waals surface area contributed by atoms with Crippen LogP contribution in [0, 0.1) is 17.8 Å². The fraction of sp³-hybridized carbons (Fsp3) is 0.852. The second-order valence-electron chi connectivity index (χ2n) is 11.7. The summed E-state index contributed by atoms with van der Waals surface area (Å²) in [5, 5.41) is 9.07. The number of halogens is 2. The van der Waals surface area contributed by atoms with Crippen LogP contribution in [0.15, 0.2) is 0 Å². The first-order valence-corrected chi connectivity index (χ1v) is 14.4. The molecule has 204 valence electrons. The third-order valence-electron chi connectivity index (χ3n) is 8.23. The number of ether oxygens (including phenoxy) is 1. The second kappa shape index (κ2) is 12.9. The number of aliphatic carboxylic acids is 1. The first-order chi connectivity index (χ1) is 16.9. The van der Waals surface area contributed by atoms with Gasteiger partial charge in [-0.05, 0) is 77.0 Å². The van der Waals surface area contributed by atoms with E-state index in [0.29, 0.717) is 51.0 Å². The number of ketones is 1. The van der Waals surface area contributed by atoms with E-state index in [2.05, 4.69) is 0 Å². The van der Waals surface area contributed by atoms with Crippen molar-refractivity contribution >= 4 is 46.8 Å². The van der Waals surface area contributed by atoms with Gasteiger partial charge in [0.05, 0.1) is 17.7 Å². The Kier molecular flexibility index (Phi) is 10.5. The van der Waals surface area contributed by atoms with E-state index in [9.17, 15) is 24.3 Å². The van der Waals surface area contributed by atoms with Crippen molar-refractivity contribution < 1.29 is 29.0 Å². The maximum Gasteiger partial charge on any atom is 0.375 e. The number of rotatable bonds is 10. The highest BCUT2D eigenvalue weighted by atomic mass is 35.5. The standard InChI is InChI=1S/C27H41Cl2NO6/c1-27(2,15-17-5-3-4-6-17)36-26(35)23(31)14-24(32)30(16-18-7-12-21(28)22(29)13-18)20-10-8-19(9-11-20)25(33)34/h17-22H,3-16H2,1-2H3,(H,33,34). The predicted molar refractivity (Wildman–Crippen MR) is 138 cm³/mol. The van der Waals surface area contributed by atoms with E-state index < -0.39 is 41.6 Å². The van der Waals surface area contributed by atoms with Crippen molar-refractivity contribution in [2.24, 2.45) is 17.8 Å². The number of amides is 1. The molecular formula is C27H41Cl2NO6. The molecule has 3 saturated carbocycles. The monoisotopic (exact) mass is 545 g/mol. The Morgan fingerprint density at radius 2 is 1.53 bits per heavy atom. The fourth-order valence-electron chi connectivity index (χ4n) is 6.26. The van der Waals surface area contributed by atoms with Crippen LogP contribution >= 0.6 is 23.2 Å². The number of Topliss-reactive ketones (excluding diaryl/α,β-unsaturated/α-hetero) is 1. The van der Waals surface area contributed by atoms with E-state index in [1.165, 1.54) is 12.8 Å². The van der Waals surface area contributed by atoms with Crippen molar-refractivity contribution in [2.45, 2.75) is 120 Å². The Labute approximate surface area is 224 Å². The fourth-order valence-corrected chi connectivity index (χ4v) is 6.87. The highest BCUT2D eigenvalue weighted by Crippen LogP contribution is 2.35. The van der Waals surface area contributed by atoms with Crippen LogP contribution in [-0.4, -0.2) is 62.6 Å². The van der Waals surface area contributed by atoms with E-state index in [-0.39, 0.29) is 22.7 Å². The summed E-state index contributed by atoms with van der Waals surface area (Å²) in [4.78, 5) is 51.8. The summed E-state index contributed by atoms with van der Waals surface area (Å²) in [6.45, 7) is 4.08. The second-order valence-corrected chi connectivity index (χ2v) is 12.8. The third-order valence-corrected chi connectivity index (χ3v) is 9.36. The molecule has 0 saturated heterocycles. The van der Waals surface area contributed by atoms with Gasteiger partial charge in [-0.1, -0.05) is 25.7 Å². The Morgan fingerprint density at radius 1 is 0.889 bits per heavy atom. The number of carbonyl (C=O) groups excluding carboxylic acids is 3. The molecule has 0 spiro atoms. The molecule has 0 bridgehead atoms. The van der Waals surface area contributed by atoms with Gasteiger partial charge in [0, 0.05) is 18.0 Å². The van der Waals surface area contributed by atoms with Crippen molar-refractivity contribution in [3.8, 4) is 0 Å². The molecule has 3 atom stereocenters. The summed E-state index contributed by atoms with van der Waals surface area (Å²) in [5.74, 6) is -2.76. The summed E-state index contributed by atoms with van der Waals surface area (Å²) in [6, 6.07) is -0.154. The molecule has 3 rings (SSSR count). The smallest absolute Gasteiger partial charge is 0.375 e. The van der Waals surface area contributed by atoms with E-state index in [4.69, 9.17) is 27.9 Å². The Bertz CT molecular complexity index is 804. The lowest BCUT2D eigenvalue weighted by Crippen LogP contribution is -2.47. The number of hydrogen-bond acceptors (Lipinski definition) is 5. The summed E-state index contributed by atoms with van der Waals surface area (Å²) in [5.41, 5.74) is -0.755. The van der Waals surface area contributed by atoms with Crippen LogP contribution in [0.3, 0.4) is 0 Å². The van der Waals surface area contributed by atoms with Crippen LogP contribution in [0.4, 0.5) is 0 Å². The normalized spacial score (nSPS) is 29.5. The first kappa shape index (κ1) is 29.2. The van der Waals surface area contributed by atoms with Gasteiger partial charge in [-0.3, -0.25) is 14.4 Å². The molecule has 0 heterocycles. The zero-order valence-electron chi connectivity index (χ0n) is 21.6. The first-order valence-electron chi connectivity index (χ1n) is 13.5. The van der Waals surface area contributed by atoms with Gasteiger partial charge in [-0.25, -0.2) is 4.79 Å². The maximum atomic E-state index is 13.4. The number of carboxylic acid groups (broad SMARTS) is 1. The zero-order chi connectivity index (χ0) is 26.5. The number of alkyl halides is 2. The Morgan fingerprint density at radius 3 is 2.11 bits per heavy atom. The molecule has 0 aromatic carbocycles. The Balaban J connectivity index is 1.61. The van der Waals surface area contributed by atoms with Crippen LogP contribution in [0.2, 0.25) is 0 Å². The van der Waals surface area contributed by atoms with Crippen molar-refractivity contribution in [3.05, 3.63) is 0 Å². The van der Waals surface area contributed by atoms with E-state index >= 15 is 0 Å². The lowest BCUT2D eigenvalue weighted by atomic mass is 9.83. The molecule has 36 heavy (non-hydrogen) atoms. The van der Waals surface area contributed by atoms with Crippen molar-refractivity contribution in [2.75, 3.05) is 6.54 Å². The molecule has 3 unspecified atom stereocenters. The largest absolute Gasteiger partial charge is 0.481 e. The summed E-state index contributed by atoms with van der Waals surface area (Å²) in [7, 11) is 0. The minimum absolute atomic E-state index is 0.0954. The van der Waals surface area contributed by atoms with Gasteiger partial charge in [0.15, 0.2) is 0 Å². The average molecular weight is 547 g/mol. The third kappa shape index (κ3) is 8.34. The van der Waals surface area contributed by atoms with Crippen LogP contribution in [0.5, 0.6) is 0 Å². The molecule has 0 radical (unpaired) electrons. The summed E-state index contributed by atoms with van der Waals surface area (Å²) >= 11 is 12.7. The molecular weight excluding hydrogens is 505 g/mol. The Hall–Kier alpha value is -1.34. The quantitative estimate of drug-likeness (QED) is 0.172. The molecule has 1 N–H and O–H groups in total. The number of nitrogens with zero attached hydrogens (tertiary/aromatic N) is 1. The maximum absolute atomic E-state index is 13.4. The molecule has 3 aliphatic carbocycles. The molecule has 3 aliphatic rings. The van der Waals surface area contributed by atoms with Gasteiger partial charge in [-0.2, -0.15) is 0 Å². The van der Waals surface area contributed by atoms with Gasteiger partial charge in [0.25, 0.3) is 0 Å². The molecule has 0 aliphatic heterocycles. The predicted octanol–water partition coefficient (Wildman–Crippen LogP) is 5.33. The van der Waals surface area contributed by atoms with Crippen LogP contribution in [-0.2, 0) is 23.9 Å². The lowest BCUT2D eigenvalue weighted by Gasteiger charge is -2.40. The number of esters is 1. The van der Waals surface area contributed by atoms with Crippen molar-refractivity contribution in [1.29, 1.82) is 0 Å². The van der Waals surface area contributed by atoms with Crippen molar-refractivity contribution in [1.82, 2.24) is 4.90 Å². The average Bonchev–Trinajstić information content (AvgIpc) is 3.31. The van der Waals surface area contributed by atoms with Crippen LogP contribution in [0.25, 0.3) is 0 Å². The van der Waals surface area contributed by atoms with E-state index in [1.54, 1.807) is 4.90 Å². The van der Waals surface area contributed by atoms with Gasteiger partial charge >= 0.3 is 11.9 Å². The molecule has 3 fully saturated rings. The SMILES string of the molecule is CC(C)(CC1CCCC1)OC(=O)C(=O)CC(=O)N(CC1CCC(Cl)C(Cl)C1)C1CCC(C(=O)O)CC1. The topological polar surface area (TPSA) is 101 Å². The molecule has 0 aromatic rings.